The Bertz CT molecular complexity index is 652. The molecule has 2 atom stereocenters. The van der Waals surface area contributed by atoms with Gasteiger partial charge in [-0.3, -0.25) is 0 Å². The first-order chi connectivity index (χ1) is 14.0. The predicted molar refractivity (Wildman–Crippen MR) is 128 cm³/mol. The van der Waals surface area contributed by atoms with Gasteiger partial charge in [-0.15, -0.1) is 0 Å². The Morgan fingerprint density at radius 2 is 1.70 bits per heavy atom. The molecular formula is C27H46NO2+. The molecule has 1 aliphatic rings. The molecule has 1 saturated carbocycles. The maximum Gasteiger partial charge on any atom is 0.137 e. The van der Waals surface area contributed by atoms with Gasteiger partial charge in [-0.2, -0.15) is 0 Å². The van der Waals surface area contributed by atoms with Crippen molar-refractivity contribution in [3.63, 3.8) is 0 Å². The lowest BCUT2D eigenvalue weighted by Gasteiger charge is -2.43. The van der Waals surface area contributed by atoms with Crippen molar-refractivity contribution in [3.05, 3.63) is 42.5 Å². The molecule has 0 saturated heterocycles. The maximum absolute atomic E-state index is 10.7. The van der Waals surface area contributed by atoms with Gasteiger partial charge in [0.05, 0.1) is 19.6 Å². The lowest BCUT2D eigenvalue weighted by molar-refractivity contribution is -0.932. The summed E-state index contributed by atoms with van der Waals surface area (Å²) in [6, 6.07) is 9.06. The van der Waals surface area contributed by atoms with E-state index in [9.17, 15) is 5.11 Å². The first-order valence-corrected chi connectivity index (χ1v) is 11.8. The molecule has 1 aromatic carbocycles. The van der Waals surface area contributed by atoms with Crippen LogP contribution in [0.2, 0.25) is 0 Å². The Kier molecular flexibility index (Phi) is 8.59. The molecule has 3 nitrogen and oxygen atoms in total. The zero-order valence-electron chi connectivity index (χ0n) is 20.4. The predicted octanol–water partition coefficient (Wildman–Crippen LogP) is 6.11. The lowest BCUT2D eigenvalue weighted by atomic mass is 9.72. The first kappa shape index (κ1) is 24.9. The van der Waals surface area contributed by atoms with E-state index in [2.05, 4.69) is 60.4 Å². The Morgan fingerprint density at radius 3 is 2.23 bits per heavy atom. The van der Waals surface area contributed by atoms with Crippen molar-refractivity contribution in [1.82, 2.24) is 0 Å². The van der Waals surface area contributed by atoms with Crippen LogP contribution in [0, 0.1) is 5.41 Å². The van der Waals surface area contributed by atoms with Crippen LogP contribution in [0.25, 0.3) is 0 Å². The second-order valence-electron chi connectivity index (χ2n) is 11.5. The standard InChI is InChI=1S/C27H46NO2/c1-8-18-28(7,23-12-10-9-11-13-23)19-24(29)20-30-25-16-14-22(15-17-25)27(5,6)21-26(2,3)4/h8,14-17,23-24,29H,1,9-13,18-21H2,2-7H3/q+1. The average Bonchev–Trinajstić information content (AvgIpc) is 2.66. The molecule has 1 N–H and O–H groups in total. The SMILES string of the molecule is C=CC[N+](C)(CC(O)COc1ccc(C(C)(C)CC(C)(C)C)cc1)C1CCCCC1. The molecule has 1 fully saturated rings. The van der Waals surface area contributed by atoms with E-state index in [4.69, 9.17) is 4.74 Å². The highest BCUT2D eigenvalue weighted by Crippen LogP contribution is 2.36. The largest absolute Gasteiger partial charge is 0.491 e. The number of rotatable bonds is 10. The molecular weight excluding hydrogens is 370 g/mol. The van der Waals surface area contributed by atoms with E-state index < -0.39 is 6.10 Å². The summed E-state index contributed by atoms with van der Waals surface area (Å²) < 4.78 is 6.83. The van der Waals surface area contributed by atoms with E-state index in [-0.39, 0.29) is 10.8 Å². The molecule has 0 amide bonds. The van der Waals surface area contributed by atoms with Crippen LogP contribution in [0.3, 0.4) is 0 Å². The van der Waals surface area contributed by atoms with Crippen molar-refractivity contribution in [3.8, 4) is 5.75 Å². The van der Waals surface area contributed by atoms with Crippen LogP contribution < -0.4 is 4.74 Å². The summed E-state index contributed by atoms with van der Waals surface area (Å²) in [5.74, 6) is 0.833. The third kappa shape index (κ3) is 7.42. The van der Waals surface area contributed by atoms with Crippen molar-refractivity contribution in [2.45, 2.75) is 90.7 Å². The van der Waals surface area contributed by atoms with Crippen molar-refractivity contribution >= 4 is 0 Å². The third-order valence-corrected chi connectivity index (χ3v) is 6.68. The number of nitrogens with zero attached hydrogens (tertiary/aromatic N) is 1. The number of aliphatic hydroxyl groups excluding tert-OH is 1. The summed E-state index contributed by atoms with van der Waals surface area (Å²) in [5.41, 5.74) is 1.75. The summed E-state index contributed by atoms with van der Waals surface area (Å²) in [5, 5.41) is 10.7. The highest BCUT2D eigenvalue weighted by atomic mass is 16.5. The van der Waals surface area contributed by atoms with Gasteiger partial charge in [-0.1, -0.05) is 59.8 Å². The monoisotopic (exact) mass is 416 g/mol. The molecule has 2 unspecified atom stereocenters. The number of quaternary nitrogens is 1. The number of hydrogen-bond acceptors (Lipinski definition) is 2. The number of hydrogen-bond donors (Lipinski definition) is 1. The summed E-state index contributed by atoms with van der Waals surface area (Å²) in [6.07, 6.45) is 9.11. The molecule has 2 rings (SSSR count). The van der Waals surface area contributed by atoms with E-state index in [1.54, 1.807) is 0 Å². The quantitative estimate of drug-likeness (QED) is 0.368. The van der Waals surface area contributed by atoms with Gasteiger partial charge < -0.3 is 14.3 Å². The fourth-order valence-electron chi connectivity index (χ4n) is 5.53. The topological polar surface area (TPSA) is 29.5 Å². The minimum absolute atomic E-state index is 0.125. The van der Waals surface area contributed by atoms with Gasteiger partial charge in [0.1, 0.15) is 25.0 Å². The minimum atomic E-state index is -0.478. The molecule has 0 spiro atoms. The fourth-order valence-corrected chi connectivity index (χ4v) is 5.53. The van der Waals surface area contributed by atoms with Gasteiger partial charge in [0.15, 0.2) is 0 Å². The second-order valence-corrected chi connectivity index (χ2v) is 11.5. The van der Waals surface area contributed by atoms with Crippen molar-refractivity contribution in [2.75, 3.05) is 26.7 Å². The van der Waals surface area contributed by atoms with Gasteiger partial charge in [-0.25, -0.2) is 0 Å². The van der Waals surface area contributed by atoms with Crippen LogP contribution in [0.5, 0.6) is 5.75 Å². The number of benzene rings is 1. The minimum Gasteiger partial charge on any atom is -0.491 e. The van der Waals surface area contributed by atoms with Crippen LogP contribution >= 0.6 is 0 Å². The average molecular weight is 417 g/mol. The van der Waals surface area contributed by atoms with Crippen LogP contribution in [0.4, 0.5) is 0 Å². The van der Waals surface area contributed by atoms with Gasteiger partial charge in [-0.05, 0) is 66.7 Å². The highest BCUT2D eigenvalue weighted by molar-refractivity contribution is 5.31. The van der Waals surface area contributed by atoms with Crippen molar-refractivity contribution < 1.29 is 14.3 Å². The highest BCUT2D eigenvalue weighted by Gasteiger charge is 2.35. The molecule has 1 aromatic rings. The number of likely N-dealkylation sites (N-methyl/N-ethyl adjacent to an activating group) is 1. The summed E-state index contributed by atoms with van der Waals surface area (Å²) in [7, 11) is 2.27. The zero-order chi connectivity index (χ0) is 22.4. The van der Waals surface area contributed by atoms with Crippen LogP contribution in [-0.2, 0) is 5.41 Å². The zero-order valence-corrected chi connectivity index (χ0v) is 20.4. The van der Waals surface area contributed by atoms with Gasteiger partial charge in [0, 0.05) is 0 Å². The Balaban J connectivity index is 1.93. The molecule has 0 bridgehead atoms. The van der Waals surface area contributed by atoms with E-state index in [0.717, 1.165) is 23.2 Å². The van der Waals surface area contributed by atoms with Gasteiger partial charge >= 0.3 is 0 Å². The van der Waals surface area contributed by atoms with Gasteiger partial charge in [0.2, 0.25) is 0 Å². The molecule has 30 heavy (non-hydrogen) atoms. The molecule has 1 aliphatic carbocycles. The summed E-state index contributed by atoms with van der Waals surface area (Å²) in [4.78, 5) is 0. The van der Waals surface area contributed by atoms with Crippen LogP contribution in [-0.4, -0.2) is 48.5 Å². The van der Waals surface area contributed by atoms with Crippen LogP contribution in [0.1, 0.15) is 78.7 Å². The Hall–Kier alpha value is -1.32. The Labute approximate surface area is 185 Å². The Morgan fingerprint density at radius 1 is 1.10 bits per heavy atom. The molecule has 170 valence electrons. The van der Waals surface area contributed by atoms with Crippen molar-refractivity contribution in [2.24, 2.45) is 5.41 Å². The lowest BCUT2D eigenvalue weighted by Crippen LogP contribution is -2.57. The molecule has 0 aromatic heterocycles. The summed E-state index contributed by atoms with van der Waals surface area (Å²) in [6.45, 7) is 17.4. The van der Waals surface area contributed by atoms with Crippen LogP contribution in [0.15, 0.2) is 36.9 Å². The molecule has 0 radical (unpaired) electrons. The van der Waals surface area contributed by atoms with E-state index in [1.165, 1.54) is 37.7 Å². The smallest absolute Gasteiger partial charge is 0.137 e. The molecule has 0 aliphatic heterocycles. The van der Waals surface area contributed by atoms with E-state index in [1.807, 2.05) is 18.2 Å². The first-order valence-electron chi connectivity index (χ1n) is 11.8. The van der Waals surface area contributed by atoms with E-state index >= 15 is 0 Å². The molecule has 3 heteroatoms. The number of ether oxygens (including phenoxy) is 1. The maximum atomic E-state index is 10.7. The number of aliphatic hydroxyl groups is 1. The van der Waals surface area contributed by atoms with E-state index in [0.29, 0.717) is 19.2 Å². The second kappa shape index (κ2) is 10.3. The van der Waals surface area contributed by atoms with Crippen molar-refractivity contribution in [1.29, 1.82) is 0 Å². The summed E-state index contributed by atoms with van der Waals surface area (Å²) >= 11 is 0. The normalized spacial score (nSPS) is 19.2. The molecule has 0 heterocycles. The third-order valence-electron chi connectivity index (χ3n) is 6.68. The fraction of sp³-hybridized carbons (Fsp3) is 0.704. The van der Waals surface area contributed by atoms with Gasteiger partial charge in [0.25, 0.3) is 0 Å².